The first kappa shape index (κ1) is 19.8. The maximum absolute atomic E-state index is 13.6. The molecule has 2 aromatic carbocycles. The average Bonchev–Trinajstić information content (AvgIpc) is 2.66. The number of rotatable bonds is 6. The number of hydrogen-bond donors (Lipinski definition) is 2. The molecule has 0 saturated carbocycles. The largest absolute Gasteiger partial charge is 0.444 e. The number of nitrogens with one attached hydrogen (secondary N) is 2. The number of halogens is 1. The number of benzene rings is 2. The van der Waals surface area contributed by atoms with Gasteiger partial charge in [-0.3, -0.25) is 10.1 Å². The van der Waals surface area contributed by atoms with Gasteiger partial charge in [0.25, 0.3) is 5.91 Å². The van der Waals surface area contributed by atoms with E-state index in [0.29, 0.717) is 12.1 Å². The molecule has 7 heteroatoms. The molecule has 2 aromatic rings. The second-order valence-electron chi connectivity index (χ2n) is 5.43. The second-order valence-corrected chi connectivity index (χ2v) is 5.43. The predicted molar refractivity (Wildman–Crippen MR) is 97.9 cm³/mol. The number of imide groups is 1. The van der Waals surface area contributed by atoms with Crippen molar-refractivity contribution in [2.24, 2.45) is 0 Å². The van der Waals surface area contributed by atoms with Gasteiger partial charge in [-0.15, -0.1) is 0 Å². The molecule has 0 unspecified atom stereocenters. The highest BCUT2D eigenvalue weighted by Crippen LogP contribution is 2.18. The Bertz CT molecular complexity index is 837. The first-order valence-electron chi connectivity index (χ1n) is 8.28. The van der Waals surface area contributed by atoms with Crippen LogP contribution in [0.15, 0.2) is 60.7 Å². The summed E-state index contributed by atoms with van der Waals surface area (Å²) in [5.74, 6) is -2.13. The normalized spacial score (nSPS) is 11.6. The minimum absolute atomic E-state index is 0.206. The number of hydrogen-bond acceptors (Lipinski definition) is 4. The van der Waals surface area contributed by atoms with Crippen molar-refractivity contribution in [1.82, 2.24) is 10.6 Å². The van der Waals surface area contributed by atoms with Crippen molar-refractivity contribution in [1.29, 1.82) is 0 Å². The van der Waals surface area contributed by atoms with E-state index >= 15 is 0 Å². The molecule has 0 saturated heterocycles. The van der Waals surface area contributed by atoms with Crippen molar-refractivity contribution < 1.29 is 23.5 Å². The van der Waals surface area contributed by atoms with Crippen LogP contribution in [0, 0.1) is 5.82 Å². The molecule has 6 nitrogen and oxygen atoms in total. The lowest BCUT2D eigenvalue weighted by atomic mass is 10.1. The van der Waals surface area contributed by atoms with Gasteiger partial charge < -0.3 is 10.1 Å². The average molecular weight is 370 g/mol. The number of urea groups is 1. The van der Waals surface area contributed by atoms with Gasteiger partial charge in [-0.1, -0.05) is 48.5 Å². The van der Waals surface area contributed by atoms with Crippen LogP contribution in [0.2, 0.25) is 0 Å². The number of carbonyl (C=O) groups excluding carboxylic acids is 3. The van der Waals surface area contributed by atoms with Crippen LogP contribution in [0.5, 0.6) is 0 Å². The standard InChI is InChI=1S/C20H19FN2O4/c1-2-22-20(26)23-19(25)18(15-9-4-3-5-10-15)27-17(24)13-12-14-8-6-7-11-16(14)21/h3-13,18H,2H2,1H3,(H2,22,23,25,26)/b13-12+/t18-/m0/s1. The number of esters is 1. The molecule has 140 valence electrons. The molecule has 0 fully saturated rings. The fraction of sp³-hybridized carbons (Fsp3) is 0.150. The van der Waals surface area contributed by atoms with Gasteiger partial charge in [0.2, 0.25) is 6.10 Å². The molecule has 0 aliphatic heterocycles. The summed E-state index contributed by atoms with van der Waals surface area (Å²) in [7, 11) is 0. The molecule has 0 bridgehead atoms. The van der Waals surface area contributed by atoms with Crippen LogP contribution in [0.25, 0.3) is 6.08 Å². The lowest BCUT2D eigenvalue weighted by Gasteiger charge is -2.16. The van der Waals surface area contributed by atoms with Gasteiger partial charge in [0, 0.05) is 23.7 Å². The summed E-state index contributed by atoms with van der Waals surface area (Å²) in [5.41, 5.74) is 0.601. The van der Waals surface area contributed by atoms with Crippen molar-refractivity contribution in [2.45, 2.75) is 13.0 Å². The Morgan fingerprint density at radius 1 is 1.07 bits per heavy atom. The first-order valence-corrected chi connectivity index (χ1v) is 8.28. The van der Waals surface area contributed by atoms with E-state index in [1.165, 1.54) is 24.3 Å². The van der Waals surface area contributed by atoms with Crippen LogP contribution in [0.1, 0.15) is 24.2 Å². The van der Waals surface area contributed by atoms with Gasteiger partial charge in [-0.25, -0.2) is 14.0 Å². The first-order chi connectivity index (χ1) is 13.0. The molecule has 0 aliphatic carbocycles. The van der Waals surface area contributed by atoms with Gasteiger partial charge in [-0.2, -0.15) is 0 Å². The smallest absolute Gasteiger partial charge is 0.331 e. The van der Waals surface area contributed by atoms with Gasteiger partial charge in [0.05, 0.1) is 0 Å². The van der Waals surface area contributed by atoms with E-state index in [2.05, 4.69) is 10.6 Å². The summed E-state index contributed by atoms with van der Waals surface area (Å²) in [6.45, 7) is 2.03. The minimum atomic E-state index is -1.33. The summed E-state index contributed by atoms with van der Waals surface area (Å²) in [6.07, 6.45) is 0.946. The Balaban J connectivity index is 2.14. The van der Waals surface area contributed by atoms with Crippen molar-refractivity contribution in [3.63, 3.8) is 0 Å². The van der Waals surface area contributed by atoms with Crippen molar-refractivity contribution in [3.05, 3.63) is 77.6 Å². The maximum Gasteiger partial charge on any atom is 0.331 e. The van der Waals surface area contributed by atoms with Crippen LogP contribution < -0.4 is 10.6 Å². The number of carbonyl (C=O) groups is 3. The molecule has 2 rings (SSSR count). The van der Waals surface area contributed by atoms with Crippen LogP contribution in [0.4, 0.5) is 9.18 Å². The van der Waals surface area contributed by atoms with Gasteiger partial charge in [0.1, 0.15) is 5.82 Å². The monoisotopic (exact) mass is 370 g/mol. The van der Waals surface area contributed by atoms with Crippen LogP contribution in [0.3, 0.4) is 0 Å². The maximum atomic E-state index is 13.6. The van der Waals surface area contributed by atoms with Gasteiger partial charge >= 0.3 is 12.0 Å². The fourth-order valence-electron chi connectivity index (χ4n) is 2.21. The van der Waals surface area contributed by atoms with E-state index in [1.807, 2.05) is 0 Å². The van der Waals surface area contributed by atoms with E-state index in [4.69, 9.17) is 4.74 Å². The summed E-state index contributed by atoms with van der Waals surface area (Å²) >= 11 is 0. The molecule has 0 spiro atoms. The minimum Gasteiger partial charge on any atom is -0.444 e. The Labute approximate surface area is 156 Å². The molecular weight excluding hydrogens is 351 g/mol. The van der Waals surface area contributed by atoms with Crippen molar-refractivity contribution in [3.8, 4) is 0 Å². The molecule has 0 aliphatic rings. The summed E-state index contributed by atoms with van der Waals surface area (Å²) in [5, 5.41) is 4.54. The second kappa shape index (κ2) is 9.86. The van der Waals surface area contributed by atoms with Gasteiger partial charge in [0.15, 0.2) is 0 Å². The van der Waals surface area contributed by atoms with Crippen molar-refractivity contribution >= 4 is 24.0 Å². The SMILES string of the molecule is CCNC(=O)NC(=O)[C@@H](OC(=O)/C=C/c1ccccc1F)c1ccccc1. The lowest BCUT2D eigenvalue weighted by Crippen LogP contribution is -2.42. The molecule has 0 aromatic heterocycles. The van der Waals surface area contributed by atoms with Crippen LogP contribution in [-0.2, 0) is 14.3 Å². The Morgan fingerprint density at radius 2 is 1.74 bits per heavy atom. The molecular formula is C20H19FN2O4. The Kier molecular flexibility index (Phi) is 7.25. The topological polar surface area (TPSA) is 84.5 Å². The third kappa shape index (κ3) is 6.07. The Hall–Kier alpha value is -3.48. The van der Waals surface area contributed by atoms with E-state index < -0.39 is 29.8 Å². The molecule has 27 heavy (non-hydrogen) atoms. The quantitative estimate of drug-likeness (QED) is 0.605. The van der Waals surface area contributed by atoms with E-state index in [9.17, 15) is 18.8 Å². The van der Waals surface area contributed by atoms with Crippen LogP contribution in [-0.4, -0.2) is 24.5 Å². The zero-order valence-electron chi connectivity index (χ0n) is 14.6. The zero-order chi connectivity index (χ0) is 19.6. The summed E-state index contributed by atoms with van der Waals surface area (Å²) in [6, 6.07) is 13.5. The molecule has 1 atom stereocenters. The highest BCUT2D eigenvalue weighted by Gasteiger charge is 2.25. The van der Waals surface area contributed by atoms with E-state index in [0.717, 1.165) is 6.08 Å². The highest BCUT2D eigenvalue weighted by molar-refractivity contribution is 5.98. The number of ether oxygens (including phenoxy) is 1. The fourth-order valence-corrected chi connectivity index (χ4v) is 2.21. The lowest BCUT2D eigenvalue weighted by molar-refractivity contribution is -0.151. The van der Waals surface area contributed by atoms with Crippen LogP contribution >= 0.6 is 0 Å². The molecule has 3 amide bonds. The van der Waals surface area contributed by atoms with E-state index in [-0.39, 0.29) is 5.56 Å². The van der Waals surface area contributed by atoms with E-state index in [1.54, 1.807) is 43.3 Å². The number of amides is 3. The van der Waals surface area contributed by atoms with Gasteiger partial charge in [-0.05, 0) is 19.1 Å². The molecule has 2 N–H and O–H groups in total. The third-order valence-corrected chi connectivity index (χ3v) is 3.45. The molecule has 0 heterocycles. The molecule has 0 radical (unpaired) electrons. The Morgan fingerprint density at radius 3 is 2.41 bits per heavy atom. The highest BCUT2D eigenvalue weighted by atomic mass is 19.1. The zero-order valence-corrected chi connectivity index (χ0v) is 14.6. The summed E-state index contributed by atoms with van der Waals surface area (Å²) in [4.78, 5) is 36.1. The summed E-state index contributed by atoms with van der Waals surface area (Å²) < 4.78 is 18.8. The van der Waals surface area contributed by atoms with Crippen molar-refractivity contribution in [2.75, 3.05) is 6.54 Å². The third-order valence-electron chi connectivity index (χ3n) is 3.45. The predicted octanol–water partition coefficient (Wildman–Crippen LogP) is 2.97.